The molecule has 23 heavy (non-hydrogen) atoms. The van der Waals surface area contributed by atoms with Gasteiger partial charge in [-0.25, -0.2) is 9.78 Å². The Kier molecular flexibility index (Phi) is 5.54. The molecular formula is C17H31O5P. The second-order valence-electron chi connectivity index (χ2n) is 8.24. The SMILES string of the molecule is C1C2CC3CC1CC(C1COO1)(C2)C3.CCCCCP(=O)(O)O. The average molecular weight is 346 g/mol. The van der Waals surface area contributed by atoms with E-state index in [-0.39, 0.29) is 6.16 Å². The number of unbranched alkanes of at least 4 members (excludes halogenated alkanes) is 2. The van der Waals surface area contributed by atoms with Crippen molar-refractivity contribution in [1.29, 1.82) is 0 Å². The Morgan fingerprint density at radius 2 is 1.57 bits per heavy atom. The topological polar surface area (TPSA) is 76.0 Å². The van der Waals surface area contributed by atoms with Gasteiger partial charge in [0.2, 0.25) is 0 Å². The molecule has 134 valence electrons. The van der Waals surface area contributed by atoms with Gasteiger partial charge in [-0.2, -0.15) is 0 Å². The molecule has 5 rings (SSSR count). The fourth-order valence-electron chi connectivity index (χ4n) is 5.55. The Labute approximate surface area is 139 Å². The summed E-state index contributed by atoms with van der Waals surface area (Å²) in [5.41, 5.74) is 0.549. The van der Waals surface area contributed by atoms with Crippen molar-refractivity contribution in [3.05, 3.63) is 0 Å². The largest absolute Gasteiger partial charge is 0.325 e. The molecule has 1 atom stereocenters. The number of hydrogen-bond acceptors (Lipinski definition) is 3. The van der Waals surface area contributed by atoms with E-state index in [2.05, 4.69) is 0 Å². The van der Waals surface area contributed by atoms with Crippen molar-refractivity contribution in [1.82, 2.24) is 0 Å². The molecule has 0 amide bonds. The van der Waals surface area contributed by atoms with Crippen LogP contribution >= 0.6 is 7.60 Å². The lowest BCUT2D eigenvalue weighted by atomic mass is 9.48. The Morgan fingerprint density at radius 3 is 1.91 bits per heavy atom. The molecule has 1 heterocycles. The van der Waals surface area contributed by atoms with E-state index in [0.29, 0.717) is 17.9 Å². The normalized spacial score (nSPS) is 41.2. The second-order valence-corrected chi connectivity index (χ2v) is 10.0. The zero-order valence-electron chi connectivity index (χ0n) is 14.2. The fourth-order valence-corrected chi connectivity index (χ4v) is 6.19. The third-order valence-electron chi connectivity index (χ3n) is 6.23. The van der Waals surface area contributed by atoms with Gasteiger partial charge in [0, 0.05) is 11.6 Å². The van der Waals surface area contributed by atoms with Crippen LogP contribution in [-0.2, 0) is 14.3 Å². The van der Waals surface area contributed by atoms with E-state index in [1.165, 1.54) is 38.5 Å². The maximum absolute atomic E-state index is 10.2. The first kappa shape index (κ1) is 17.9. The van der Waals surface area contributed by atoms with Crippen molar-refractivity contribution in [3.8, 4) is 0 Å². The highest BCUT2D eigenvalue weighted by Crippen LogP contribution is 2.62. The van der Waals surface area contributed by atoms with Crippen LogP contribution in [0.2, 0.25) is 0 Å². The predicted molar refractivity (Wildman–Crippen MR) is 87.9 cm³/mol. The molecule has 0 aromatic rings. The highest BCUT2D eigenvalue weighted by atomic mass is 31.2. The van der Waals surface area contributed by atoms with Crippen molar-refractivity contribution in [3.63, 3.8) is 0 Å². The highest BCUT2D eigenvalue weighted by molar-refractivity contribution is 7.51. The third kappa shape index (κ3) is 4.38. The Hall–Kier alpha value is 0.0700. The van der Waals surface area contributed by atoms with Gasteiger partial charge in [-0.3, -0.25) is 4.57 Å². The van der Waals surface area contributed by atoms with Gasteiger partial charge in [-0.1, -0.05) is 19.8 Å². The van der Waals surface area contributed by atoms with Gasteiger partial charge in [0.1, 0.15) is 12.7 Å². The third-order valence-corrected chi connectivity index (χ3v) is 7.12. The van der Waals surface area contributed by atoms with Crippen LogP contribution in [0.4, 0.5) is 0 Å². The molecule has 1 unspecified atom stereocenters. The van der Waals surface area contributed by atoms with E-state index in [1.807, 2.05) is 6.92 Å². The summed E-state index contributed by atoms with van der Waals surface area (Å²) in [5, 5.41) is 0. The summed E-state index contributed by atoms with van der Waals surface area (Å²) in [4.78, 5) is 27.0. The Bertz CT molecular complexity index is 407. The minimum absolute atomic E-state index is 0.0425. The summed E-state index contributed by atoms with van der Waals surface area (Å²) in [6.07, 6.45) is 11.9. The summed E-state index contributed by atoms with van der Waals surface area (Å²) >= 11 is 0. The van der Waals surface area contributed by atoms with Gasteiger partial charge in [0.25, 0.3) is 0 Å². The van der Waals surface area contributed by atoms with E-state index < -0.39 is 7.60 Å². The lowest BCUT2D eigenvalue weighted by Gasteiger charge is -2.59. The minimum atomic E-state index is -3.70. The zero-order valence-corrected chi connectivity index (χ0v) is 15.0. The van der Waals surface area contributed by atoms with E-state index in [9.17, 15) is 4.57 Å². The van der Waals surface area contributed by atoms with E-state index in [4.69, 9.17) is 19.6 Å². The van der Waals surface area contributed by atoms with Gasteiger partial charge < -0.3 is 9.79 Å². The average Bonchev–Trinajstić information content (AvgIpc) is 2.33. The maximum Gasteiger partial charge on any atom is 0.325 e. The lowest BCUT2D eigenvalue weighted by molar-refractivity contribution is -0.454. The predicted octanol–water partition coefficient (Wildman–Crippen LogP) is 3.89. The quantitative estimate of drug-likeness (QED) is 0.449. The molecule has 5 aliphatic rings. The van der Waals surface area contributed by atoms with Gasteiger partial charge in [-0.15, -0.1) is 0 Å². The molecule has 5 fully saturated rings. The van der Waals surface area contributed by atoms with Crippen LogP contribution in [0.5, 0.6) is 0 Å². The van der Waals surface area contributed by atoms with Crippen molar-refractivity contribution in [2.45, 2.75) is 70.8 Å². The molecule has 6 heteroatoms. The molecular weight excluding hydrogens is 315 g/mol. The molecule has 0 aromatic heterocycles. The minimum Gasteiger partial charge on any atom is -0.324 e. The molecule has 4 aliphatic carbocycles. The van der Waals surface area contributed by atoms with E-state index >= 15 is 0 Å². The standard InChI is InChI=1S/C12H18O2.C5H13O3P/c1-8-2-10-3-9(1)5-12(4-8,6-10)11-7-13-14-11;1-2-3-4-5-9(6,7)8/h8-11H,1-7H2;2-5H2,1H3,(H2,6,7,8). The van der Waals surface area contributed by atoms with Gasteiger partial charge >= 0.3 is 7.60 Å². The van der Waals surface area contributed by atoms with Crippen LogP contribution in [-0.4, -0.2) is 28.7 Å². The first-order valence-electron chi connectivity index (χ1n) is 9.23. The van der Waals surface area contributed by atoms with Crippen molar-refractivity contribution >= 4 is 7.60 Å². The van der Waals surface area contributed by atoms with E-state index in [0.717, 1.165) is 37.2 Å². The lowest BCUT2D eigenvalue weighted by Crippen LogP contribution is -2.56. The first-order chi connectivity index (χ1) is 10.9. The number of rotatable bonds is 5. The molecule has 0 spiro atoms. The van der Waals surface area contributed by atoms with Crippen LogP contribution in [0.3, 0.4) is 0 Å². The van der Waals surface area contributed by atoms with Crippen LogP contribution in [0.25, 0.3) is 0 Å². The Balaban J connectivity index is 0.000000154. The molecule has 4 saturated carbocycles. The fraction of sp³-hybridized carbons (Fsp3) is 1.00. The van der Waals surface area contributed by atoms with Gasteiger partial charge in [0.05, 0.1) is 0 Å². The maximum atomic E-state index is 10.2. The van der Waals surface area contributed by atoms with Crippen LogP contribution < -0.4 is 0 Å². The summed E-state index contributed by atoms with van der Waals surface area (Å²) < 4.78 is 10.2. The van der Waals surface area contributed by atoms with Crippen LogP contribution in [0, 0.1) is 23.2 Å². The molecule has 1 aliphatic heterocycles. The van der Waals surface area contributed by atoms with Crippen molar-refractivity contribution in [2.24, 2.45) is 23.2 Å². The molecule has 4 bridgehead atoms. The smallest absolute Gasteiger partial charge is 0.324 e. The summed E-state index contributed by atoms with van der Waals surface area (Å²) in [6, 6.07) is 0. The van der Waals surface area contributed by atoms with Gasteiger partial charge in [0.15, 0.2) is 0 Å². The number of hydrogen-bond donors (Lipinski definition) is 2. The summed E-state index contributed by atoms with van der Waals surface area (Å²) in [5.74, 6) is 3.10. The summed E-state index contributed by atoms with van der Waals surface area (Å²) in [6.45, 7) is 2.87. The van der Waals surface area contributed by atoms with Crippen molar-refractivity contribution < 1.29 is 24.1 Å². The Morgan fingerprint density at radius 1 is 1.04 bits per heavy atom. The first-order valence-corrected chi connectivity index (χ1v) is 11.0. The van der Waals surface area contributed by atoms with E-state index in [1.54, 1.807) is 0 Å². The van der Waals surface area contributed by atoms with Crippen molar-refractivity contribution in [2.75, 3.05) is 12.8 Å². The molecule has 1 saturated heterocycles. The highest BCUT2D eigenvalue weighted by Gasteiger charge is 2.56. The molecule has 0 aromatic carbocycles. The van der Waals surface area contributed by atoms with Crippen LogP contribution in [0.1, 0.15) is 64.7 Å². The monoisotopic (exact) mass is 346 g/mol. The van der Waals surface area contributed by atoms with Crippen LogP contribution in [0.15, 0.2) is 0 Å². The molecule has 5 nitrogen and oxygen atoms in total. The zero-order chi connectivity index (χ0) is 16.5. The molecule has 0 radical (unpaired) electrons. The second kappa shape index (κ2) is 7.13. The summed E-state index contributed by atoms with van der Waals surface area (Å²) in [7, 11) is -3.70. The van der Waals surface area contributed by atoms with Gasteiger partial charge in [-0.05, 0) is 62.7 Å². The molecule has 2 N–H and O–H groups in total.